The van der Waals surface area contributed by atoms with Crippen molar-refractivity contribution in [3.8, 4) is 17.1 Å². The molecule has 1 aliphatic heterocycles. The summed E-state index contributed by atoms with van der Waals surface area (Å²) < 4.78 is 46.3. The van der Waals surface area contributed by atoms with E-state index in [1.807, 2.05) is 45.5 Å². The molecule has 204 valence electrons. The molecule has 1 aliphatic rings. The highest BCUT2D eigenvalue weighted by atomic mass is 19.3. The maximum Gasteiger partial charge on any atom is 0.387 e. The Morgan fingerprint density at radius 1 is 1.08 bits per heavy atom. The van der Waals surface area contributed by atoms with Gasteiger partial charge in [0.1, 0.15) is 11.3 Å². The summed E-state index contributed by atoms with van der Waals surface area (Å²) in [5.41, 5.74) is 2.01. The van der Waals surface area contributed by atoms with Gasteiger partial charge in [-0.3, -0.25) is 4.79 Å². The lowest BCUT2D eigenvalue weighted by molar-refractivity contribution is -0.0488. The van der Waals surface area contributed by atoms with Crippen molar-refractivity contribution >= 4 is 16.9 Å². The molecule has 9 heteroatoms. The van der Waals surface area contributed by atoms with Crippen LogP contribution in [0, 0.1) is 5.41 Å². The van der Waals surface area contributed by atoms with E-state index in [2.05, 4.69) is 13.8 Å². The van der Waals surface area contributed by atoms with Crippen LogP contribution in [-0.2, 0) is 22.6 Å². The van der Waals surface area contributed by atoms with Gasteiger partial charge in [-0.05, 0) is 30.7 Å². The van der Waals surface area contributed by atoms with Crippen molar-refractivity contribution in [3.63, 3.8) is 0 Å². The Labute approximate surface area is 224 Å². The zero-order valence-electron chi connectivity index (χ0n) is 22.0. The average molecular weight is 537 g/mol. The number of ether oxygens (including phenoxy) is 3. The predicted octanol–water partition coefficient (Wildman–Crippen LogP) is 6.05. The number of carbonyl (C=O) groups excluding carboxylic acids is 1. The maximum atomic E-state index is 13.1. The van der Waals surface area contributed by atoms with Crippen LogP contribution in [0.15, 0.2) is 71.7 Å². The molecule has 0 saturated carbocycles. The third kappa shape index (κ3) is 5.18. The first-order valence-electron chi connectivity index (χ1n) is 12.8. The lowest BCUT2D eigenvalue weighted by atomic mass is 9.83. The largest absolute Gasteiger partial charge is 0.462 e. The minimum Gasteiger partial charge on any atom is -0.462 e. The summed E-state index contributed by atoms with van der Waals surface area (Å²) in [6.45, 7) is 4.27. The van der Waals surface area contributed by atoms with Gasteiger partial charge >= 0.3 is 12.6 Å². The number of benzene rings is 2. The molecular formula is C30H30F2N2O5. The van der Waals surface area contributed by atoms with E-state index in [1.54, 1.807) is 25.3 Å². The Morgan fingerprint density at radius 2 is 1.85 bits per heavy atom. The highest BCUT2D eigenvalue weighted by Crippen LogP contribution is 2.44. The van der Waals surface area contributed by atoms with Gasteiger partial charge in [-0.1, -0.05) is 50.2 Å². The third-order valence-electron chi connectivity index (χ3n) is 7.14. The second-order valence-corrected chi connectivity index (χ2v) is 10.3. The van der Waals surface area contributed by atoms with Crippen molar-refractivity contribution in [2.24, 2.45) is 5.41 Å². The number of rotatable bonds is 9. The number of nitrogens with zero attached hydrogens (tertiary/aromatic N) is 2. The second kappa shape index (κ2) is 10.6. The first-order valence-corrected chi connectivity index (χ1v) is 12.8. The van der Waals surface area contributed by atoms with Crippen LogP contribution in [0.3, 0.4) is 0 Å². The summed E-state index contributed by atoms with van der Waals surface area (Å²) >= 11 is 0. The lowest BCUT2D eigenvalue weighted by Crippen LogP contribution is -2.39. The Hall–Kier alpha value is -3.98. The molecule has 0 spiro atoms. The maximum absolute atomic E-state index is 13.1. The Balaban J connectivity index is 1.60. The number of halogens is 2. The van der Waals surface area contributed by atoms with Gasteiger partial charge in [0.25, 0.3) is 0 Å². The summed E-state index contributed by atoms with van der Waals surface area (Å²) in [6.07, 6.45) is 1.55. The highest BCUT2D eigenvalue weighted by Gasteiger charge is 2.38. The van der Waals surface area contributed by atoms with Gasteiger partial charge < -0.3 is 23.3 Å². The monoisotopic (exact) mass is 536 g/mol. The van der Waals surface area contributed by atoms with Crippen molar-refractivity contribution < 1.29 is 27.8 Å². The number of hydrogen-bond acceptors (Lipinski definition) is 5. The first kappa shape index (κ1) is 26.6. The number of fused-ring (bicyclic) bond motifs is 5. The fourth-order valence-corrected chi connectivity index (χ4v) is 5.23. The molecule has 1 unspecified atom stereocenters. The number of esters is 1. The summed E-state index contributed by atoms with van der Waals surface area (Å²) in [5, 5.41) is 0.514. The molecule has 0 N–H and O–H groups in total. The Kier molecular flexibility index (Phi) is 7.27. The van der Waals surface area contributed by atoms with E-state index in [0.29, 0.717) is 42.0 Å². The van der Waals surface area contributed by atoms with Crippen LogP contribution in [-0.4, -0.2) is 34.9 Å². The van der Waals surface area contributed by atoms with Crippen LogP contribution in [0.1, 0.15) is 42.7 Å². The first-order chi connectivity index (χ1) is 18.7. The Morgan fingerprint density at radius 3 is 2.56 bits per heavy atom. The van der Waals surface area contributed by atoms with Crippen molar-refractivity contribution in [1.82, 2.24) is 9.13 Å². The molecule has 7 nitrogen and oxygen atoms in total. The van der Waals surface area contributed by atoms with E-state index in [9.17, 15) is 18.4 Å². The topological polar surface area (TPSA) is 71.7 Å². The standard InChI is InChI=1S/C30H30F2N2O5/c1-4-38-28(36)21-15-34-24(14-25(21)35)23-13-20-22(11-8-12-26(20)39-29(31)32)33(23)16-27(34)30(2,3)18-37-17-19-9-6-5-7-10-19/h5-15,27,29H,4,16-18H2,1-3H3. The van der Waals surface area contributed by atoms with E-state index < -0.39 is 23.4 Å². The highest BCUT2D eigenvalue weighted by molar-refractivity contribution is 5.93. The van der Waals surface area contributed by atoms with Crippen LogP contribution in [0.25, 0.3) is 22.3 Å². The summed E-state index contributed by atoms with van der Waals surface area (Å²) in [7, 11) is 0. The zero-order valence-corrected chi connectivity index (χ0v) is 22.0. The number of carbonyl (C=O) groups is 1. The molecule has 0 amide bonds. The van der Waals surface area contributed by atoms with Gasteiger partial charge in [-0.15, -0.1) is 0 Å². The van der Waals surface area contributed by atoms with Crippen molar-refractivity contribution in [1.29, 1.82) is 0 Å². The number of aromatic nitrogens is 2. The molecule has 39 heavy (non-hydrogen) atoms. The zero-order chi connectivity index (χ0) is 27.7. The van der Waals surface area contributed by atoms with Crippen molar-refractivity contribution in [2.45, 2.75) is 46.6 Å². The van der Waals surface area contributed by atoms with Gasteiger partial charge in [0.05, 0.1) is 42.8 Å². The second-order valence-electron chi connectivity index (χ2n) is 10.3. The predicted molar refractivity (Wildman–Crippen MR) is 143 cm³/mol. The molecule has 0 radical (unpaired) electrons. The summed E-state index contributed by atoms with van der Waals surface area (Å²) in [4.78, 5) is 25.7. The number of alkyl halides is 2. The van der Waals surface area contributed by atoms with Crippen LogP contribution in [0.4, 0.5) is 8.78 Å². The van der Waals surface area contributed by atoms with Crippen molar-refractivity contribution in [2.75, 3.05) is 13.2 Å². The van der Waals surface area contributed by atoms with Gasteiger partial charge in [-0.2, -0.15) is 8.78 Å². The third-order valence-corrected chi connectivity index (χ3v) is 7.14. The molecule has 2 aromatic carbocycles. The summed E-state index contributed by atoms with van der Waals surface area (Å²) in [6, 6.07) is 17.8. The van der Waals surface area contributed by atoms with Crippen LogP contribution in [0.2, 0.25) is 0 Å². The number of pyridine rings is 1. The Bertz CT molecular complexity index is 1560. The molecule has 2 aromatic heterocycles. The molecule has 1 atom stereocenters. The minimum atomic E-state index is -2.97. The van der Waals surface area contributed by atoms with E-state index in [1.165, 1.54) is 12.1 Å². The van der Waals surface area contributed by atoms with Crippen LogP contribution < -0.4 is 10.2 Å². The van der Waals surface area contributed by atoms with E-state index in [4.69, 9.17) is 14.2 Å². The molecule has 0 saturated heterocycles. The van der Waals surface area contributed by atoms with Crippen LogP contribution >= 0.6 is 0 Å². The molecular weight excluding hydrogens is 506 g/mol. The van der Waals surface area contributed by atoms with Gasteiger partial charge in [-0.25, -0.2) is 4.79 Å². The smallest absolute Gasteiger partial charge is 0.387 e. The van der Waals surface area contributed by atoms with Crippen molar-refractivity contribution in [3.05, 3.63) is 88.2 Å². The number of hydrogen-bond donors (Lipinski definition) is 0. The van der Waals surface area contributed by atoms with Gasteiger partial charge in [0.15, 0.2) is 5.43 Å². The SMILES string of the molecule is CCOC(=O)c1cn2c(cc1=O)-c1cc3c(OC(F)F)cccc3n1CC2C(C)(C)COCc1ccccc1. The van der Waals surface area contributed by atoms with Gasteiger partial charge in [0, 0.05) is 29.6 Å². The summed E-state index contributed by atoms with van der Waals surface area (Å²) in [5.74, 6) is -0.628. The molecule has 5 rings (SSSR count). The van der Waals surface area contributed by atoms with E-state index >= 15 is 0 Å². The molecule has 4 aromatic rings. The molecule has 3 heterocycles. The van der Waals surface area contributed by atoms with E-state index in [0.717, 1.165) is 5.56 Å². The molecule has 0 bridgehead atoms. The fourth-order valence-electron chi connectivity index (χ4n) is 5.23. The van der Waals surface area contributed by atoms with E-state index in [-0.39, 0.29) is 24.0 Å². The van der Waals surface area contributed by atoms with Gasteiger partial charge in [0.2, 0.25) is 0 Å². The normalized spacial score (nSPS) is 14.8. The molecule has 0 aliphatic carbocycles. The quantitative estimate of drug-likeness (QED) is 0.244. The average Bonchev–Trinajstić information content (AvgIpc) is 3.28. The molecule has 0 fully saturated rings. The van der Waals surface area contributed by atoms with Crippen LogP contribution in [0.5, 0.6) is 5.75 Å². The minimum absolute atomic E-state index is 0.0575. The fraction of sp³-hybridized carbons (Fsp3) is 0.333. The lowest BCUT2D eigenvalue weighted by Gasteiger charge is -2.41.